The molecular formula is C18H15NO6. The second kappa shape index (κ2) is 6.72. The van der Waals surface area contributed by atoms with Crippen molar-refractivity contribution in [1.82, 2.24) is 4.98 Å². The summed E-state index contributed by atoms with van der Waals surface area (Å²) in [7, 11) is 0. The van der Waals surface area contributed by atoms with Crippen molar-refractivity contribution in [3.63, 3.8) is 0 Å². The van der Waals surface area contributed by atoms with Crippen molar-refractivity contribution >= 4 is 34.0 Å². The molecule has 7 heteroatoms. The van der Waals surface area contributed by atoms with Crippen molar-refractivity contribution in [3.8, 4) is 0 Å². The van der Waals surface area contributed by atoms with E-state index in [4.69, 9.17) is 14.3 Å². The number of carboxylic acids is 1. The molecule has 1 N–H and O–H groups in total. The number of hydrogen-bond donors (Lipinski definition) is 1. The SMILES string of the molecule is CCOC(=O)c1cc2c(=O)c3ccccc3oc2nc1CCC(=O)O. The summed E-state index contributed by atoms with van der Waals surface area (Å²) in [4.78, 5) is 39.9. The number of nitrogens with zero attached hydrogens (tertiary/aromatic N) is 1. The fourth-order valence-electron chi connectivity index (χ4n) is 2.57. The van der Waals surface area contributed by atoms with Gasteiger partial charge in [0.15, 0.2) is 0 Å². The molecule has 1 aromatic carbocycles. The van der Waals surface area contributed by atoms with E-state index in [9.17, 15) is 14.4 Å². The zero-order valence-corrected chi connectivity index (χ0v) is 13.4. The van der Waals surface area contributed by atoms with Crippen LogP contribution in [0, 0.1) is 0 Å². The Hall–Kier alpha value is -3.22. The monoisotopic (exact) mass is 341 g/mol. The van der Waals surface area contributed by atoms with Gasteiger partial charge < -0.3 is 14.3 Å². The molecule has 128 valence electrons. The van der Waals surface area contributed by atoms with Crippen LogP contribution in [0.15, 0.2) is 39.5 Å². The van der Waals surface area contributed by atoms with Gasteiger partial charge in [0.2, 0.25) is 11.1 Å². The molecule has 0 aliphatic rings. The minimum Gasteiger partial charge on any atom is -0.481 e. The highest BCUT2D eigenvalue weighted by molar-refractivity contribution is 5.96. The van der Waals surface area contributed by atoms with Gasteiger partial charge in [0.1, 0.15) is 5.58 Å². The van der Waals surface area contributed by atoms with Crippen LogP contribution in [0.5, 0.6) is 0 Å². The topological polar surface area (TPSA) is 107 Å². The molecule has 0 fully saturated rings. The lowest BCUT2D eigenvalue weighted by Gasteiger charge is -2.09. The van der Waals surface area contributed by atoms with Gasteiger partial charge in [0, 0.05) is 6.42 Å². The molecule has 25 heavy (non-hydrogen) atoms. The molecule has 0 aliphatic carbocycles. The third-order valence-corrected chi connectivity index (χ3v) is 3.72. The van der Waals surface area contributed by atoms with E-state index in [-0.39, 0.29) is 47.2 Å². The molecule has 0 atom stereocenters. The fraction of sp³-hybridized carbons (Fsp3) is 0.222. The van der Waals surface area contributed by atoms with Crippen molar-refractivity contribution < 1.29 is 23.8 Å². The molecule has 7 nitrogen and oxygen atoms in total. The van der Waals surface area contributed by atoms with Gasteiger partial charge in [-0.25, -0.2) is 9.78 Å². The van der Waals surface area contributed by atoms with Gasteiger partial charge in [-0.1, -0.05) is 12.1 Å². The van der Waals surface area contributed by atoms with Crippen LogP contribution in [0.1, 0.15) is 29.4 Å². The first kappa shape index (κ1) is 16.6. The molecule has 2 aromatic heterocycles. The second-order valence-corrected chi connectivity index (χ2v) is 5.38. The van der Waals surface area contributed by atoms with Crippen LogP contribution < -0.4 is 5.43 Å². The van der Waals surface area contributed by atoms with Crippen LogP contribution in [-0.4, -0.2) is 28.6 Å². The molecule has 0 unspecified atom stereocenters. The lowest BCUT2D eigenvalue weighted by Crippen LogP contribution is -2.13. The summed E-state index contributed by atoms with van der Waals surface area (Å²) in [5.41, 5.74) is 0.447. The smallest absolute Gasteiger partial charge is 0.340 e. The van der Waals surface area contributed by atoms with E-state index in [1.807, 2.05) is 0 Å². The van der Waals surface area contributed by atoms with E-state index in [1.54, 1.807) is 31.2 Å². The summed E-state index contributed by atoms with van der Waals surface area (Å²) in [5, 5.41) is 9.42. The third kappa shape index (κ3) is 3.21. The number of rotatable bonds is 5. The minimum absolute atomic E-state index is 0.0238. The Labute approximate surface area is 141 Å². The number of aryl methyl sites for hydroxylation is 1. The molecule has 3 aromatic rings. The van der Waals surface area contributed by atoms with E-state index in [2.05, 4.69) is 4.98 Å². The molecule has 0 saturated heterocycles. The molecule has 0 bridgehead atoms. The Balaban J connectivity index is 2.26. The van der Waals surface area contributed by atoms with E-state index in [0.29, 0.717) is 11.0 Å². The van der Waals surface area contributed by atoms with Crippen LogP contribution in [-0.2, 0) is 16.0 Å². The standard InChI is InChI=1S/C18H15NO6/c1-2-24-18(23)11-9-12-16(22)10-5-3-4-6-14(10)25-17(12)19-13(11)7-8-15(20)21/h3-6,9H,2,7-8H2,1H3,(H,20,21). The van der Waals surface area contributed by atoms with Crippen LogP contribution in [0.3, 0.4) is 0 Å². The molecule has 2 heterocycles. The Kier molecular flexibility index (Phi) is 4.47. The summed E-state index contributed by atoms with van der Waals surface area (Å²) in [6.45, 7) is 1.81. The normalized spacial score (nSPS) is 10.9. The number of carboxylic acid groups (broad SMARTS) is 1. The number of benzene rings is 1. The first-order chi connectivity index (χ1) is 12.0. The zero-order valence-electron chi connectivity index (χ0n) is 13.4. The number of aliphatic carboxylic acids is 1. The fourth-order valence-corrected chi connectivity index (χ4v) is 2.57. The van der Waals surface area contributed by atoms with Crippen molar-refractivity contribution in [3.05, 3.63) is 51.8 Å². The van der Waals surface area contributed by atoms with Gasteiger partial charge in [-0.05, 0) is 25.1 Å². The minimum atomic E-state index is -1.02. The highest BCUT2D eigenvalue weighted by atomic mass is 16.5. The first-order valence-corrected chi connectivity index (χ1v) is 7.75. The summed E-state index contributed by atoms with van der Waals surface area (Å²) in [6.07, 6.45) is -0.182. The Morgan fingerprint density at radius 2 is 2.00 bits per heavy atom. The summed E-state index contributed by atoms with van der Waals surface area (Å²) < 4.78 is 10.7. The molecule has 3 rings (SSSR count). The van der Waals surface area contributed by atoms with Gasteiger partial charge in [-0.15, -0.1) is 0 Å². The van der Waals surface area contributed by atoms with Gasteiger partial charge >= 0.3 is 11.9 Å². The second-order valence-electron chi connectivity index (χ2n) is 5.38. The number of carbonyl (C=O) groups excluding carboxylic acids is 1. The van der Waals surface area contributed by atoms with Gasteiger partial charge in [-0.3, -0.25) is 9.59 Å². The van der Waals surface area contributed by atoms with Crippen molar-refractivity contribution in [2.75, 3.05) is 6.61 Å². The van der Waals surface area contributed by atoms with Crippen molar-refractivity contribution in [2.24, 2.45) is 0 Å². The number of para-hydroxylation sites is 1. The average molecular weight is 341 g/mol. The number of aromatic nitrogens is 1. The number of hydrogen-bond acceptors (Lipinski definition) is 6. The van der Waals surface area contributed by atoms with E-state index < -0.39 is 11.9 Å². The molecule has 0 aliphatic heterocycles. The van der Waals surface area contributed by atoms with E-state index in [0.717, 1.165) is 0 Å². The molecule has 0 radical (unpaired) electrons. The highest BCUT2D eigenvalue weighted by Gasteiger charge is 2.19. The zero-order chi connectivity index (χ0) is 18.0. The third-order valence-electron chi connectivity index (χ3n) is 3.72. The highest BCUT2D eigenvalue weighted by Crippen LogP contribution is 2.21. The van der Waals surface area contributed by atoms with Crippen LogP contribution in [0.2, 0.25) is 0 Å². The maximum Gasteiger partial charge on any atom is 0.340 e. The molecule has 0 spiro atoms. The van der Waals surface area contributed by atoms with E-state index >= 15 is 0 Å². The number of ether oxygens (including phenoxy) is 1. The first-order valence-electron chi connectivity index (χ1n) is 7.75. The van der Waals surface area contributed by atoms with Crippen molar-refractivity contribution in [2.45, 2.75) is 19.8 Å². The number of carbonyl (C=O) groups is 2. The summed E-state index contributed by atoms with van der Waals surface area (Å²) in [6, 6.07) is 8.09. The summed E-state index contributed by atoms with van der Waals surface area (Å²) >= 11 is 0. The Morgan fingerprint density at radius 3 is 2.72 bits per heavy atom. The van der Waals surface area contributed by atoms with Crippen LogP contribution in [0.4, 0.5) is 0 Å². The molecular weight excluding hydrogens is 326 g/mol. The van der Waals surface area contributed by atoms with E-state index in [1.165, 1.54) is 6.07 Å². The van der Waals surface area contributed by atoms with Crippen molar-refractivity contribution in [1.29, 1.82) is 0 Å². The molecule has 0 saturated carbocycles. The number of pyridine rings is 1. The lowest BCUT2D eigenvalue weighted by molar-refractivity contribution is -0.137. The van der Waals surface area contributed by atoms with Crippen LogP contribution in [0.25, 0.3) is 22.1 Å². The maximum atomic E-state index is 12.7. The predicted molar refractivity (Wildman–Crippen MR) is 89.7 cm³/mol. The number of esters is 1. The Morgan fingerprint density at radius 1 is 1.24 bits per heavy atom. The Bertz CT molecular complexity index is 1040. The van der Waals surface area contributed by atoms with Gasteiger partial charge in [-0.2, -0.15) is 0 Å². The largest absolute Gasteiger partial charge is 0.481 e. The lowest BCUT2D eigenvalue weighted by atomic mass is 10.1. The quantitative estimate of drug-likeness (QED) is 0.561. The molecule has 0 amide bonds. The van der Waals surface area contributed by atoms with Crippen LogP contribution >= 0.6 is 0 Å². The maximum absolute atomic E-state index is 12.7. The van der Waals surface area contributed by atoms with Gasteiger partial charge in [0.25, 0.3) is 0 Å². The number of fused-ring (bicyclic) bond motifs is 2. The average Bonchev–Trinajstić information content (AvgIpc) is 2.59. The van der Waals surface area contributed by atoms with Gasteiger partial charge in [0.05, 0.1) is 35.1 Å². The predicted octanol–water partition coefficient (Wildman–Crippen LogP) is 2.54. The summed E-state index contributed by atoms with van der Waals surface area (Å²) in [5.74, 6) is -1.67.